The van der Waals surface area contributed by atoms with Gasteiger partial charge in [0.15, 0.2) is 0 Å². The molecule has 0 bridgehead atoms. The van der Waals surface area contributed by atoms with E-state index in [0.29, 0.717) is 18.1 Å². The van der Waals surface area contributed by atoms with Crippen molar-refractivity contribution in [2.75, 3.05) is 0 Å². The molecule has 0 saturated heterocycles. The smallest absolute Gasteiger partial charge is 0.141 e. The van der Waals surface area contributed by atoms with Crippen molar-refractivity contribution in [1.82, 2.24) is 0 Å². The van der Waals surface area contributed by atoms with Crippen molar-refractivity contribution in [2.45, 2.75) is 44.9 Å². The van der Waals surface area contributed by atoms with Gasteiger partial charge in [-0.1, -0.05) is 25.7 Å². The maximum Gasteiger partial charge on any atom is 0.141 e. The molecule has 0 radical (unpaired) electrons. The number of carbonyl (C=O) groups excluding carboxylic acids is 1. The van der Waals surface area contributed by atoms with Gasteiger partial charge >= 0.3 is 0 Å². The summed E-state index contributed by atoms with van der Waals surface area (Å²) in [5.74, 6) is 0.779. The molecule has 1 aliphatic carbocycles. The number of hydrogen-bond acceptors (Lipinski definition) is 2. The van der Waals surface area contributed by atoms with Crippen molar-refractivity contribution in [1.29, 1.82) is 0 Å². The predicted molar refractivity (Wildman–Crippen MR) is 71.9 cm³/mol. The lowest BCUT2D eigenvalue weighted by Crippen LogP contribution is -2.15. The van der Waals surface area contributed by atoms with E-state index in [9.17, 15) is 4.79 Å². The van der Waals surface area contributed by atoms with Crippen LogP contribution in [0.1, 0.15) is 43.4 Å². The average molecular weight is 301 g/mol. The van der Waals surface area contributed by atoms with Gasteiger partial charge in [-0.25, -0.2) is 0 Å². The van der Waals surface area contributed by atoms with Gasteiger partial charge in [-0.05, 0) is 40.2 Å². The molecule has 1 nitrogen and oxygen atoms in total. The first-order valence-corrected chi connectivity index (χ1v) is 7.69. The second-order valence-corrected chi connectivity index (χ2v) is 6.38. The minimum absolute atomic E-state index is 0.330. The van der Waals surface area contributed by atoms with Gasteiger partial charge in [-0.3, -0.25) is 4.79 Å². The van der Waals surface area contributed by atoms with Crippen LogP contribution in [0.5, 0.6) is 0 Å². The summed E-state index contributed by atoms with van der Waals surface area (Å²) in [5.41, 5.74) is 0. The molecular weight excluding hydrogens is 284 g/mol. The molecule has 16 heavy (non-hydrogen) atoms. The highest BCUT2D eigenvalue weighted by atomic mass is 79.9. The molecule has 1 saturated carbocycles. The van der Waals surface area contributed by atoms with E-state index in [1.54, 1.807) is 11.3 Å². The molecule has 0 aromatic carbocycles. The van der Waals surface area contributed by atoms with Crippen molar-refractivity contribution in [3.63, 3.8) is 0 Å². The highest BCUT2D eigenvalue weighted by Gasteiger charge is 2.21. The number of ketones is 1. The summed E-state index contributed by atoms with van der Waals surface area (Å²) in [4.78, 5) is 13.3. The summed E-state index contributed by atoms with van der Waals surface area (Å²) in [6.07, 6.45) is 7.95. The maximum absolute atomic E-state index is 12.2. The third-order valence-corrected chi connectivity index (χ3v) is 5.26. The number of hydrogen-bond donors (Lipinski definition) is 0. The molecule has 0 unspecified atom stereocenters. The van der Waals surface area contributed by atoms with Crippen molar-refractivity contribution >= 4 is 33.0 Å². The highest BCUT2D eigenvalue weighted by Crippen LogP contribution is 2.28. The van der Waals surface area contributed by atoms with E-state index in [0.717, 1.165) is 17.3 Å². The van der Waals surface area contributed by atoms with Gasteiger partial charge in [-0.15, -0.1) is 11.3 Å². The van der Waals surface area contributed by atoms with Crippen LogP contribution in [-0.2, 0) is 11.2 Å². The highest BCUT2D eigenvalue weighted by molar-refractivity contribution is 9.10. The quantitative estimate of drug-likeness (QED) is 0.746. The second kappa shape index (κ2) is 5.97. The van der Waals surface area contributed by atoms with Crippen LogP contribution < -0.4 is 0 Å². The maximum atomic E-state index is 12.2. The first-order chi connectivity index (χ1) is 7.77. The van der Waals surface area contributed by atoms with Crippen LogP contribution in [0, 0.1) is 5.92 Å². The Kier molecular flexibility index (Phi) is 4.59. The Morgan fingerprint density at radius 3 is 2.56 bits per heavy atom. The third-order valence-electron chi connectivity index (χ3n) is 3.34. The molecule has 0 atom stereocenters. The monoisotopic (exact) mass is 300 g/mol. The van der Waals surface area contributed by atoms with Gasteiger partial charge in [0.05, 0.1) is 0 Å². The number of carbonyl (C=O) groups is 1. The molecule has 2 rings (SSSR count). The fourth-order valence-corrected chi connectivity index (χ4v) is 3.86. The Bertz CT molecular complexity index is 351. The standard InChI is InChI=1S/C13H17BrOS/c14-11-7-8-16-13(11)9-12(15)10-5-3-1-2-4-6-10/h7-8,10H,1-6,9H2. The molecular formula is C13H17BrOS. The molecule has 1 fully saturated rings. The lowest BCUT2D eigenvalue weighted by Gasteiger charge is -2.11. The fraction of sp³-hybridized carbons (Fsp3) is 0.615. The normalized spacial score (nSPS) is 18.3. The summed E-state index contributed by atoms with van der Waals surface area (Å²) < 4.78 is 1.10. The lowest BCUT2D eigenvalue weighted by atomic mass is 9.93. The van der Waals surface area contributed by atoms with Crippen LogP contribution in [-0.4, -0.2) is 5.78 Å². The summed E-state index contributed by atoms with van der Waals surface area (Å²) in [7, 11) is 0. The Balaban J connectivity index is 1.94. The molecule has 3 heteroatoms. The number of halogens is 1. The molecule has 0 N–H and O–H groups in total. The molecule has 1 aromatic rings. The van der Waals surface area contributed by atoms with E-state index in [2.05, 4.69) is 15.9 Å². The number of rotatable bonds is 3. The Morgan fingerprint density at radius 1 is 1.31 bits per heavy atom. The topological polar surface area (TPSA) is 17.1 Å². The minimum Gasteiger partial charge on any atom is -0.299 e. The molecule has 88 valence electrons. The minimum atomic E-state index is 0.330. The average Bonchev–Trinajstić information content (AvgIpc) is 2.57. The van der Waals surface area contributed by atoms with E-state index >= 15 is 0 Å². The molecule has 0 aliphatic heterocycles. The first kappa shape index (κ1) is 12.3. The first-order valence-electron chi connectivity index (χ1n) is 6.02. The third kappa shape index (κ3) is 3.17. The Hall–Kier alpha value is -0.150. The zero-order valence-corrected chi connectivity index (χ0v) is 11.8. The lowest BCUT2D eigenvalue weighted by molar-refractivity contribution is -0.122. The molecule has 1 aromatic heterocycles. The summed E-state index contributed by atoms with van der Waals surface area (Å²) in [6.45, 7) is 0. The van der Waals surface area contributed by atoms with Crippen LogP contribution >= 0.6 is 27.3 Å². The van der Waals surface area contributed by atoms with E-state index in [1.807, 2.05) is 11.4 Å². The van der Waals surface area contributed by atoms with E-state index < -0.39 is 0 Å². The van der Waals surface area contributed by atoms with Crippen molar-refractivity contribution in [2.24, 2.45) is 5.92 Å². The van der Waals surface area contributed by atoms with E-state index in [-0.39, 0.29) is 0 Å². The van der Waals surface area contributed by atoms with Gasteiger partial charge in [0, 0.05) is 21.7 Å². The van der Waals surface area contributed by atoms with Gasteiger partial charge in [0.1, 0.15) is 5.78 Å². The zero-order valence-electron chi connectivity index (χ0n) is 9.38. The van der Waals surface area contributed by atoms with Crippen LogP contribution in [0.3, 0.4) is 0 Å². The summed E-state index contributed by atoms with van der Waals surface area (Å²) in [6, 6.07) is 2.03. The SMILES string of the molecule is O=C(Cc1sccc1Br)C1CCCCCC1. The van der Waals surface area contributed by atoms with Crippen molar-refractivity contribution < 1.29 is 4.79 Å². The molecule has 1 heterocycles. The summed E-state index contributed by atoms with van der Waals surface area (Å²) >= 11 is 5.17. The van der Waals surface area contributed by atoms with Gasteiger partial charge in [-0.2, -0.15) is 0 Å². The van der Waals surface area contributed by atoms with Crippen LogP contribution in [0.2, 0.25) is 0 Å². The van der Waals surface area contributed by atoms with E-state index in [4.69, 9.17) is 0 Å². The largest absolute Gasteiger partial charge is 0.299 e. The van der Waals surface area contributed by atoms with E-state index in [1.165, 1.54) is 30.6 Å². The summed E-state index contributed by atoms with van der Waals surface area (Å²) in [5, 5.41) is 2.04. The van der Waals surface area contributed by atoms with Crippen LogP contribution in [0.4, 0.5) is 0 Å². The van der Waals surface area contributed by atoms with Crippen molar-refractivity contribution in [3.8, 4) is 0 Å². The van der Waals surface area contributed by atoms with Crippen LogP contribution in [0.15, 0.2) is 15.9 Å². The zero-order chi connectivity index (χ0) is 11.4. The fourth-order valence-electron chi connectivity index (χ4n) is 2.36. The molecule has 0 spiro atoms. The van der Waals surface area contributed by atoms with Gasteiger partial charge in [0.25, 0.3) is 0 Å². The Labute approximate surface area is 109 Å². The molecule has 0 amide bonds. The van der Waals surface area contributed by atoms with Crippen LogP contribution in [0.25, 0.3) is 0 Å². The predicted octanol–water partition coefficient (Wildman–Crippen LogP) is 4.59. The Morgan fingerprint density at radius 2 is 2.00 bits per heavy atom. The number of thiophene rings is 1. The van der Waals surface area contributed by atoms with Crippen molar-refractivity contribution in [3.05, 3.63) is 20.8 Å². The number of Topliss-reactive ketones (excluding diaryl/α,β-unsaturated/α-hetero) is 1. The van der Waals surface area contributed by atoms with Gasteiger partial charge in [0.2, 0.25) is 0 Å². The second-order valence-electron chi connectivity index (χ2n) is 4.52. The van der Waals surface area contributed by atoms with Gasteiger partial charge < -0.3 is 0 Å². The molecule has 1 aliphatic rings.